The molecular formula is C22H23N3O3. The molecule has 0 unspecified atom stereocenters. The van der Waals surface area contributed by atoms with Crippen molar-refractivity contribution in [1.29, 1.82) is 0 Å². The third-order valence-corrected chi connectivity index (χ3v) is 4.74. The molecule has 1 N–H and O–H groups in total. The summed E-state index contributed by atoms with van der Waals surface area (Å²) < 4.78 is 13.4. The average Bonchev–Trinajstić information content (AvgIpc) is 2.88. The molecule has 0 fully saturated rings. The van der Waals surface area contributed by atoms with Crippen molar-refractivity contribution in [3.8, 4) is 11.5 Å². The molecule has 3 aromatic rings. The minimum Gasteiger partial charge on any atom is -0.490 e. The summed E-state index contributed by atoms with van der Waals surface area (Å²) in [5.41, 5.74) is 5.79. The number of benzene rings is 2. The van der Waals surface area contributed by atoms with Gasteiger partial charge in [0.2, 0.25) is 5.91 Å². The number of hydrogen-bond acceptors (Lipinski definition) is 4. The lowest BCUT2D eigenvalue weighted by molar-refractivity contribution is -0.121. The molecule has 1 amide bonds. The van der Waals surface area contributed by atoms with Crippen molar-refractivity contribution in [2.45, 2.75) is 26.3 Å². The summed E-state index contributed by atoms with van der Waals surface area (Å²) in [6.45, 7) is 3.99. The van der Waals surface area contributed by atoms with E-state index in [1.807, 2.05) is 30.3 Å². The summed E-state index contributed by atoms with van der Waals surface area (Å²) >= 11 is 0. The van der Waals surface area contributed by atoms with Crippen LogP contribution < -0.4 is 14.9 Å². The number of nitrogens with zero attached hydrogens (tertiary/aromatic N) is 2. The lowest BCUT2D eigenvalue weighted by atomic mass is 10.2. The van der Waals surface area contributed by atoms with E-state index in [0.29, 0.717) is 31.9 Å². The van der Waals surface area contributed by atoms with Crippen LogP contribution in [0.15, 0.2) is 53.8 Å². The fraction of sp³-hybridized carbons (Fsp3) is 0.273. The lowest BCUT2D eigenvalue weighted by Gasteiger charge is -2.07. The van der Waals surface area contributed by atoms with Gasteiger partial charge in [0.15, 0.2) is 11.5 Å². The second kappa shape index (κ2) is 8.17. The second-order valence-corrected chi connectivity index (χ2v) is 6.82. The molecule has 28 heavy (non-hydrogen) atoms. The Hall–Kier alpha value is -3.28. The van der Waals surface area contributed by atoms with Gasteiger partial charge in [0, 0.05) is 36.5 Å². The van der Waals surface area contributed by atoms with Crippen molar-refractivity contribution in [2.24, 2.45) is 5.10 Å². The van der Waals surface area contributed by atoms with Crippen LogP contribution in [-0.2, 0) is 11.3 Å². The number of hydrazone groups is 1. The van der Waals surface area contributed by atoms with Crippen LogP contribution in [0.3, 0.4) is 0 Å². The van der Waals surface area contributed by atoms with Crippen molar-refractivity contribution < 1.29 is 14.3 Å². The fourth-order valence-electron chi connectivity index (χ4n) is 3.33. The molecule has 6 nitrogen and oxygen atoms in total. The van der Waals surface area contributed by atoms with Crippen molar-refractivity contribution in [2.75, 3.05) is 13.2 Å². The van der Waals surface area contributed by atoms with E-state index in [-0.39, 0.29) is 5.91 Å². The number of ether oxygens (including phenoxy) is 2. The lowest BCUT2D eigenvalue weighted by Crippen LogP contribution is -2.19. The van der Waals surface area contributed by atoms with Crippen LogP contribution in [0, 0.1) is 6.92 Å². The molecule has 0 atom stereocenters. The largest absolute Gasteiger partial charge is 0.490 e. The molecule has 0 saturated carbocycles. The first-order chi connectivity index (χ1) is 13.7. The highest BCUT2D eigenvalue weighted by Gasteiger charge is 2.10. The van der Waals surface area contributed by atoms with E-state index < -0.39 is 0 Å². The fourth-order valence-corrected chi connectivity index (χ4v) is 3.33. The molecular weight excluding hydrogens is 354 g/mol. The van der Waals surface area contributed by atoms with Crippen LogP contribution in [-0.4, -0.2) is 29.9 Å². The molecule has 1 aromatic heterocycles. The van der Waals surface area contributed by atoms with Crippen LogP contribution in [0.5, 0.6) is 11.5 Å². The number of aromatic nitrogens is 1. The average molecular weight is 377 g/mol. The van der Waals surface area contributed by atoms with Gasteiger partial charge in [0.1, 0.15) is 0 Å². The summed E-state index contributed by atoms with van der Waals surface area (Å²) in [6, 6.07) is 13.8. The van der Waals surface area contributed by atoms with Gasteiger partial charge in [-0.05, 0) is 42.3 Å². The maximum absolute atomic E-state index is 12.1. The van der Waals surface area contributed by atoms with Gasteiger partial charge in [-0.2, -0.15) is 5.10 Å². The molecule has 1 aliphatic rings. The topological polar surface area (TPSA) is 64.9 Å². The van der Waals surface area contributed by atoms with Crippen LogP contribution in [0.25, 0.3) is 10.9 Å². The van der Waals surface area contributed by atoms with Crippen molar-refractivity contribution in [3.05, 3.63) is 59.8 Å². The monoisotopic (exact) mass is 377 g/mol. The van der Waals surface area contributed by atoms with E-state index in [1.54, 1.807) is 6.21 Å². The number of amides is 1. The van der Waals surface area contributed by atoms with Gasteiger partial charge in [-0.3, -0.25) is 4.79 Å². The predicted octanol–water partition coefficient (Wildman–Crippen LogP) is 3.65. The normalized spacial score (nSPS) is 13.6. The Labute approximate surface area is 163 Å². The first kappa shape index (κ1) is 18.1. The quantitative estimate of drug-likeness (QED) is 0.545. The highest BCUT2D eigenvalue weighted by Crippen LogP contribution is 2.29. The molecule has 6 heteroatoms. The molecule has 4 rings (SSSR count). The second-order valence-electron chi connectivity index (χ2n) is 6.82. The minimum absolute atomic E-state index is 0.124. The van der Waals surface area contributed by atoms with E-state index >= 15 is 0 Å². The maximum atomic E-state index is 12.1. The summed E-state index contributed by atoms with van der Waals surface area (Å²) in [5, 5.41) is 5.28. The van der Waals surface area contributed by atoms with Crippen molar-refractivity contribution in [3.63, 3.8) is 0 Å². The number of nitrogens with one attached hydrogen (secondary N) is 1. The highest BCUT2D eigenvalue weighted by atomic mass is 16.5. The summed E-state index contributed by atoms with van der Waals surface area (Å²) in [6.07, 6.45) is 4.92. The predicted molar refractivity (Wildman–Crippen MR) is 109 cm³/mol. The van der Waals surface area contributed by atoms with Crippen LogP contribution in [0.2, 0.25) is 0 Å². The Bertz CT molecular complexity index is 1020. The van der Waals surface area contributed by atoms with Crippen LogP contribution in [0.1, 0.15) is 24.0 Å². The number of fused-ring (bicyclic) bond motifs is 2. The van der Waals surface area contributed by atoms with Gasteiger partial charge in [-0.25, -0.2) is 5.43 Å². The number of hydrogen-bond donors (Lipinski definition) is 1. The number of aryl methyl sites for hydroxylation is 2. The van der Waals surface area contributed by atoms with E-state index in [0.717, 1.165) is 23.3 Å². The minimum atomic E-state index is -0.124. The molecule has 1 aliphatic heterocycles. The third-order valence-electron chi connectivity index (χ3n) is 4.74. The highest BCUT2D eigenvalue weighted by molar-refractivity contribution is 5.85. The van der Waals surface area contributed by atoms with E-state index in [2.05, 4.69) is 40.3 Å². The summed E-state index contributed by atoms with van der Waals surface area (Å²) in [4.78, 5) is 12.1. The van der Waals surface area contributed by atoms with Crippen molar-refractivity contribution in [1.82, 2.24) is 9.99 Å². The Morgan fingerprint density at radius 1 is 1.18 bits per heavy atom. The number of para-hydroxylation sites is 1. The zero-order valence-corrected chi connectivity index (χ0v) is 15.9. The number of carbonyl (C=O) groups excluding carboxylic acids is 1. The Balaban J connectivity index is 1.33. The number of carbonyl (C=O) groups is 1. The smallest absolute Gasteiger partial charge is 0.241 e. The maximum Gasteiger partial charge on any atom is 0.241 e. The zero-order valence-electron chi connectivity index (χ0n) is 15.9. The Kier molecular flexibility index (Phi) is 5.28. The van der Waals surface area contributed by atoms with Crippen LogP contribution in [0.4, 0.5) is 0 Å². The van der Waals surface area contributed by atoms with E-state index in [1.165, 1.54) is 10.9 Å². The molecule has 0 spiro atoms. The molecule has 0 radical (unpaired) electrons. The van der Waals surface area contributed by atoms with Gasteiger partial charge >= 0.3 is 0 Å². The number of rotatable bonds is 5. The first-order valence-corrected chi connectivity index (χ1v) is 9.47. The molecule has 144 valence electrons. The van der Waals surface area contributed by atoms with Crippen LogP contribution >= 0.6 is 0 Å². The van der Waals surface area contributed by atoms with Gasteiger partial charge in [-0.15, -0.1) is 0 Å². The molecule has 0 saturated heterocycles. The molecule has 0 bridgehead atoms. The van der Waals surface area contributed by atoms with E-state index in [9.17, 15) is 4.79 Å². The third kappa shape index (κ3) is 4.01. The SMILES string of the molecule is Cc1cn(CCC(=O)N/N=C/c2ccc3c(c2)OCCCO3)c2ccccc12. The zero-order chi connectivity index (χ0) is 19.3. The Morgan fingerprint density at radius 2 is 2.00 bits per heavy atom. The van der Waals surface area contributed by atoms with Crippen molar-refractivity contribution >= 4 is 23.0 Å². The van der Waals surface area contributed by atoms with Gasteiger partial charge < -0.3 is 14.0 Å². The first-order valence-electron chi connectivity index (χ1n) is 9.47. The van der Waals surface area contributed by atoms with Gasteiger partial charge in [0.05, 0.1) is 19.4 Å². The molecule has 2 heterocycles. The van der Waals surface area contributed by atoms with Gasteiger partial charge in [-0.1, -0.05) is 18.2 Å². The summed E-state index contributed by atoms with van der Waals surface area (Å²) in [7, 11) is 0. The standard InChI is InChI=1S/C22H23N3O3/c1-16-15-25(19-6-3-2-5-18(16)19)10-9-22(26)24-23-14-17-7-8-20-21(13-17)28-12-4-11-27-20/h2-3,5-8,13-15H,4,9-12H2,1H3,(H,24,26)/b23-14+. The molecule has 0 aliphatic carbocycles. The van der Waals surface area contributed by atoms with Gasteiger partial charge in [0.25, 0.3) is 0 Å². The summed E-state index contributed by atoms with van der Waals surface area (Å²) in [5.74, 6) is 1.33. The molecule has 2 aromatic carbocycles. The van der Waals surface area contributed by atoms with E-state index in [4.69, 9.17) is 9.47 Å². The Morgan fingerprint density at radius 3 is 2.89 bits per heavy atom.